The van der Waals surface area contributed by atoms with Crippen LogP contribution in [0.4, 0.5) is 0 Å². The Hall–Kier alpha value is -3.05. The molecule has 0 aliphatic carbocycles. The maximum atomic E-state index is 13.5. The number of carbonyl (C=O) groups is 1. The molecule has 1 amide bonds. The first-order valence-electron chi connectivity index (χ1n) is 11.1. The molecule has 5 heteroatoms. The third-order valence-corrected chi connectivity index (χ3v) is 5.86. The number of piperazine rings is 1. The smallest absolute Gasteiger partial charge is 0.270 e. The van der Waals surface area contributed by atoms with Crippen LogP contribution in [0.5, 0.6) is 5.75 Å². The van der Waals surface area contributed by atoms with Crippen LogP contribution in [-0.4, -0.2) is 53.1 Å². The predicted octanol–water partition coefficient (Wildman–Crippen LogP) is 4.57. The van der Waals surface area contributed by atoms with Gasteiger partial charge >= 0.3 is 0 Å². The summed E-state index contributed by atoms with van der Waals surface area (Å²) in [5, 5.41) is 1.000. The molecule has 1 aromatic heterocycles. The lowest BCUT2D eigenvalue weighted by Crippen LogP contribution is -2.48. The monoisotopic (exact) mass is 417 g/mol. The van der Waals surface area contributed by atoms with E-state index in [4.69, 9.17) is 4.74 Å². The summed E-state index contributed by atoms with van der Waals surface area (Å²) in [6, 6.07) is 18.6. The van der Waals surface area contributed by atoms with Gasteiger partial charge < -0.3 is 14.2 Å². The summed E-state index contributed by atoms with van der Waals surface area (Å²) in [7, 11) is 0. The van der Waals surface area contributed by atoms with E-state index in [-0.39, 0.29) is 5.91 Å². The SMILES string of the molecule is C/C=C\Cn1c(C(=O)N2CCN(Cc3ccccc3)CC2)cc2c(OCC)cccc21. The number of hydrogen-bond donors (Lipinski definition) is 0. The van der Waals surface area contributed by atoms with Gasteiger partial charge in [0.2, 0.25) is 0 Å². The van der Waals surface area contributed by atoms with Gasteiger partial charge in [0.15, 0.2) is 0 Å². The number of nitrogens with zero attached hydrogens (tertiary/aromatic N) is 3. The normalized spacial score (nSPS) is 15.1. The van der Waals surface area contributed by atoms with Crippen molar-refractivity contribution in [2.24, 2.45) is 0 Å². The molecule has 0 unspecified atom stereocenters. The molecular weight excluding hydrogens is 386 g/mol. The fourth-order valence-electron chi connectivity index (χ4n) is 4.24. The van der Waals surface area contributed by atoms with E-state index >= 15 is 0 Å². The zero-order valence-electron chi connectivity index (χ0n) is 18.5. The van der Waals surface area contributed by atoms with Crippen LogP contribution in [0.2, 0.25) is 0 Å². The van der Waals surface area contributed by atoms with Crippen molar-refractivity contribution in [3.05, 3.63) is 78.0 Å². The Morgan fingerprint density at radius 1 is 1.03 bits per heavy atom. The Morgan fingerprint density at radius 3 is 2.52 bits per heavy atom. The van der Waals surface area contributed by atoms with E-state index in [1.165, 1.54) is 5.56 Å². The van der Waals surface area contributed by atoms with E-state index < -0.39 is 0 Å². The Kier molecular flexibility index (Phi) is 6.73. The molecule has 0 N–H and O–H groups in total. The van der Waals surface area contributed by atoms with Gasteiger partial charge in [0.05, 0.1) is 12.1 Å². The van der Waals surface area contributed by atoms with E-state index in [1.807, 2.05) is 49.1 Å². The van der Waals surface area contributed by atoms with E-state index in [2.05, 4.69) is 45.9 Å². The van der Waals surface area contributed by atoms with E-state index in [0.717, 1.165) is 55.1 Å². The molecule has 5 nitrogen and oxygen atoms in total. The average Bonchev–Trinajstić information content (AvgIpc) is 3.18. The minimum atomic E-state index is 0.0995. The summed E-state index contributed by atoms with van der Waals surface area (Å²) in [6.07, 6.45) is 4.11. The van der Waals surface area contributed by atoms with E-state index in [1.54, 1.807) is 0 Å². The minimum Gasteiger partial charge on any atom is -0.493 e. The molecule has 3 aromatic rings. The van der Waals surface area contributed by atoms with Gasteiger partial charge in [-0.25, -0.2) is 0 Å². The lowest BCUT2D eigenvalue weighted by Gasteiger charge is -2.34. The summed E-state index contributed by atoms with van der Waals surface area (Å²) in [6.45, 7) is 9.46. The van der Waals surface area contributed by atoms with Gasteiger partial charge in [-0.05, 0) is 37.6 Å². The van der Waals surface area contributed by atoms with Gasteiger partial charge in [-0.15, -0.1) is 0 Å². The van der Waals surface area contributed by atoms with Gasteiger partial charge in [-0.1, -0.05) is 48.6 Å². The highest BCUT2D eigenvalue weighted by molar-refractivity contribution is 6.00. The molecule has 2 heterocycles. The highest BCUT2D eigenvalue weighted by Gasteiger charge is 2.25. The number of aromatic nitrogens is 1. The topological polar surface area (TPSA) is 37.7 Å². The van der Waals surface area contributed by atoms with Crippen molar-refractivity contribution in [3.8, 4) is 5.75 Å². The molecular formula is C26H31N3O2. The van der Waals surface area contributed by atoms with Gasteiger partial charge in [-0.2, -0.15) is 0 Å². The number of hydrogen-bond acceptors (Lipinski definition) is 3. The summed E-state index contributed by atoms with van der Waals surface area (Å²) in [5.74, 6) is 0.934. The zero-order chi connectivity index (χ0) is 21.6. The van der Waals surface area contributed by atoms with Crippen molar-refractivity contribution in [2.45, 2.75) is 26.9 Å². The van der Waals surface area contributed by atoms with Gasteiger partial charge in [0.1, 0.15) is 11.4 Å². The van der Waals surface area contributed by atoms with Crippen LogP contribution in [0.25, 0.3) is 10.9 Å². The second-order valence-corrected chi connectivity index (χ2v) is 7.89. The van der Waals surface area contributed by atoms with Crippen LogP contribution in [0.15, 0.2) is 66.7 Å². The van der Waals surface area contributed by atoms with Crippen molar-refractivity contribution in [1.82, 2.24) is 14.4 Å². The highest BCUT2D eigenvalue weighted by Crippen LogP contribution is 2.30. The second-order valence-electron chi connectivity index (χ2n) is 7.89. The zero-order valence-corrected chi connectivity index (χ0v) is 18.5. The van der Waals surface area contributed by atoms with Crippen LogP contribution in [0.1, 0.15) is 29.9 Å². The van der Waals surface area contributed by atoms with Gasteiger partial charge in [0, 0.05) is 44.7 Å². The third-order valence-electron chi connectivity index (χ3n) is 5.86. The average molecular weight is 418 g/mol. The summed E-state index contributed by atoms with van der Waals surface area (Å²) in [4.78, 5) is 17.9. The molecule has 1 aliphatic rings. The number of carbonyl (C=O) groups excluding carboxylic acids is 1. The predicted molar refractivity (Wildman–Crippen MR) is 126 cm³/mol. The molecule has 0 saturated carbocycles. The lowest BCUT2D eigenvalue weighted by molar-refractivity contribution is 0.0619. The summed E-state index contributed by atoms with van der Waals surface area (Å²) >= 11 is 0. The number of rotatable bonds is 7. The standard InChI is InChI=1S/C26H31N3O2/c1-3-5-14-29-23-12-9-13-25(31-4-2)22(23)19-24(29)26(30)28-17-15-27(16-18-28)20-21-10-7-6-8-11-21/h3,5-13,19H,4,14-18,20H2,1-2H3/b5-3-. The highest BCUT2D eigenvalue weighted by atomic mass is 16.5. The number of allylic oxidation sites excluding steroid dienone is 2. The van der Waals surface area contributed by atoms with Crippen molar-refractivity contribution >= 4 is 16.8 Å². The molecule has 1 aliphatic heterocycles. The first-order valence-corrected chi connectivity index (χ1v) is 11.1. The number of amides is 1. The Balaban J connectivity index is 1.54. The quantitative estimate of drug-likeness (QED) is 0.529. The van der Waals surface area contributed by atoms with Crippen LogP contribution >= 0.6 is 0 Å². The number of fused-ring (bicyclic) bond motifs is 1. The maximum Gasteiger partial charge on any atom is 0.270 e. The Morgan fingerprint density at radius 2 is 1.81 bits per heavy atom. The summed E-state index contributed by atoms with van der Waals surface area (Å²) in [5.41, 5.74) is 3.09. The van der Waals surface area contributed by atoms with Crippen molar-refractivity contribution in [3.63, 3.8) is 0 Å². The second kappa shape index (κ2) is 9.84. The van der Waals surface area contributed by atoms with Crippen LogP contribution in [0.3, 0.4) is 0 Å². The molecule has 0 radical (unpaired) electrons. The minimum absolute atomic E-state index is 0.0995. The van der Waals surface area contributed by atoms with Crippen LogP contribution in [0, 0.1) is 0 Å². The van der Waals surface area contributed by atoms with Gasteiger partial charge in [0.25, 0.3) is 5.91 Å². The van der Waals surface area contributed by atoms with Crippen molar-refractivity contribution in [1.29, 1.82) is 0 Å². The fourth-order valence-corrected chi connectivity index (χ4v) is 4.24. The largest absolute Gasteiger partial charge is 0.493 e. The van der Waals surface area contributed by atoms with E-state index in [0.29, 0.717) is 13.2 Å². The van der Waals surface area contributed by atoms with Gasteiger partial charge in [-0.3, -0.25) is 9.69 Å². The van der Waals surface area contributed by atoms with Crippen molar-refractivity contribution < 1.29 is 9.53 Å². The molecule has 0 spiro atoms. The molecule has 162 valence electrons. The molecule has 1 fully saturated rings. The van der Waals surface area contributed by atoms with Crippen LogP contribution in [-0.2, 0) is 13.1 Å². The molecule has 31 heavy (non-hydrogen) atoms. The Labute approximate surface area is 184 Å². The first kappa shape index (κ1) is 21.2. The fraction of sp³-hybridized carbons (Fsp3) is 0.346. The molecule has 2 aromatic carbocycles. The van der Waals surface area contributed by atoms with Crippen molar-refractivity contribution in [2.75, 3.05) is 32.8 Å². The third kappa shape index (κ3) is 4.67. The molecule has 0 atom stereocenters. The molecule has 1 saturated heterocycles. The number of benzene rings is 2. The molecule has 4 rings (SSSR count). The van der Waals surface area contributed by atoms with E-state index in [9.17, 15) is 4.79 Å². The van der Waals surface area contributed by atoms with Crippen LogP contribution < -0.4 is 4.74 Å². The maximum absolute atomic E-state index is 13.5. The lowest BCUT2D eigenvalue weighted by atomic mass is 10.2. The molecule has 0 bridgehead atoms. The summed E-state index contributed by atoms with van der Waals surface area (Å²) < 4.78 is 7.93. The Bertz CT molecular complexity index is 1050. The first-order chi connectivity index (χ1) is 15.2. The number of ether oxygens (including phenoxy) is 1.